The fourth-order valence-electron chi connectivity index (χ4n) is 3.56. The highest BCUT2D eigenvalue weighted by molar-refractivity contribution is 5.86. The molecule has 1 atom stereocenters. The highest BCUT2D eigenvalue weighted by Crippen LogP contribution is 2.31. The van der Waals surface area contributed by atoms with Crippen LogP contribution in [-0.2, 0) is 6.54 Å². The Balaban J connectivity index is 1.92. The molecule has 8 N–H and O–H groups in total. The quantitative estimate of drug-likeness (QED) is 0.217. The van der Waals surface area contributed by atoms with Gasteiger partial charge in [0.15, 0.2) is 23.4 Å². The smallest absolute Gasteiger partial charge is 0.217 e. The minimum atomic E-state index is -1.24. The van der Waals surface area contributed by atoms with Crippen molar-refractivity contribution in [2.45, 2.75) is 38.5 Å². The summed E-state index contributed by atoms with van der Waals surface area (Å²) in [5, 5.41) is 17.8. The summed E-state index contributed by atoms with van der Waals surface area (Å²) in [5.74, 6) is 9.41. The molecule has 0 saturated heterocycles. The van der Waals surface area contributed by atoms with Crippen molar-refractivity contribution < 1.29 is 20.2 Å². The van der Waals surface area contributed by atoms with Crippen molar-refractivity contribution in [2.24, 2.45) is 5.73 Å². The maximum Gasteiger partial charge on any atom is 0.217 e. The average molecular weight is 488 g/mol. The van der Waals surface area contributed by atoms with Crippen molar-refractivity contribution in [2.75, 3.05) is 12.3 Å². The molecule has 0 saturated carbocycles. The number of aliphatic hydroxyl groups is 1. The lowest BCUT2D eigenvalue weighted by molar-refractivity contribution is -0.383. The number of hydrogen-bond donors (Lipinski definition) is 4. The minimum absolute atomic E-state index is 0.0891. The largest absolute Gasteiger partial charge is 0.463 e. The predicted molar refractivity (Wildman–Crippen MR) is 133 cm³/mol. The molecule has 0 amide bonds. The molecule has 0 bridgehead atoms. The molecule has 1 aromatic carbocycles. The molecule has 4 aromatic rings. The Morgan fingerprint density at radius 3 is 2.64 bits per heavy atom. The molecule has 0 radical (unpaired) electrons. The molecule has 0 fully saturated rings. The van der Waals surface area contributed by atoms with Crippen LogP contribution in [0.5, 0.6) is 5.88 Å². The van der Waals surface area contributed by atoms with Crippen LogP contribution < -0.4 is 21.9 Å². The molecule has 3 heterocycles. The predicted octanol–water partition coefficient (Wildman–Crippen LogP) is 0.858. The number of aromatic nitrogens is 5. The van der Waals surface area contributed by atoms with Gasteiger partial charge in [-0.1, -0.05) is 42.2 Å². The molecule has 3 aromatic heterocycles. The molecule has 0 aliphatic carbocycles. The van der Waals surface area contributed by atoms with E-state index in [1.165, 1.54) is 0 Å². The summed E-state index contributed by atoms with van der Waals surface area (Å²) in [4.78, 5) is 9.34. The zero-order chi connectivity index (χ0) is 25.7. The molecule has 36 heavy (non-hydrogen) atoms. The van der Waals surface area contributed by atoms with Crippen molar-refractivity contribution in [3.05, 3.63) is 47.7 Å². The van der Waals surface area contributed by atoms with Crippen molar-refractivity contribution in [3.63, 3.8) is 0 Å². The van der Waals surface area contributed by atoms with E-state index in [1.54, 1.807) is 19.9 Å². The maximum atomic E-state index is 10.2. The monoisotopic (exact) mass is 487 g/mol. The third-order valence-electron chi connectivity index (χ3n) is 5.18. The van der Waals surface area contributed by atoms with Crippen LogP contribution in [-0.4, -0.2) is 42.1 Å². The number of aryl methyl sites for hydroxylation is 1. The van der Waals surface area contributed by atoms with Crippen LogP contribution in [0.25, 0.3) is 22.6 Å². The minimum Gasteiger partial charge on any atom is -0.463 e. The van der Waals surface area contributed by atoms with Gasteiger partial charge in [0.2, 0.25) is 5.88 Å². The number of pyridine rings is 1. The summed E-state index contributed by atoms with van der Waals surface area (Å²) in [6, 6.07) is 13.9. The molecule has 0 aliphatic rings. The number of anilines is 1. The third-order valence-corrected chi connectivity index (χ3v) is 5.18. The summed E-state index contributed by atoms with van der Waals surface area (Å²) in [6.07, 6.45) is 0.107. The van der Waals surface area contributed by atoms with Crippen LogP contribution in [0.2, 0.25) is 0 Å². The van der Waals surface area contributed by atoms with Crippen LogP contribution in [0.1, 0.15) is 37.6 Å². The summed E-state index contributed by atoms with van der Waals surface area (Å²) in [7, 11) is 0. The Hall–Kier alpha value is -4.58. The number of benzene rings is 1. The average Bonchev–Trinajstić information content (AvgIpc) is 3.44. The van der Waals surface area contributed by atoms with E-state index in [0.29, 0.717) is 47.9 Å². The Labute approximate surface area is 207 Å². The van der Waals surface area contributed by atoms with Gasteiger partial charge in [-0.05, 0) is 35.6 Å². The van der Waals surface area contributed by atoms with Gasteiger partial charge in [-0.15, -0.1) is 0 Å². The lowest BCUT2D eigenvalue weighted by Crippen LogP contribution is -2.54. The first kappa shape index (κ1) is 24.5. The first-order valence-corrected chi connectivity index (χ1v) is 11.2. The Morgan fingerprint density at radius 2 is 2.00 bits per heavy atom. The normalized spacial score (nSPS) is 11.9. The van der Waals surface area contributed by atoms with Crippen molar-refractivity contribution in [1.82, 2.24) is 24.8 Å². The van der Waals surface area contributed by atoms with E-state index in [1.807, 2.05) is 34.9 Å². The van der Waals surface area contributed by atoms with Gasteiger partial charge in [0.05, 0.1) is 5.52 Å². The molecule has 0 aliphatic heterocycles. The first-order chi connectivity index (χ1) is 17.3. The second kappa shape index (κ2) is 10.4. The number of nitrogen functional groups attached to an aromatic ring is 1. The van der Waals surface area contributed by atoms with E-state index in [0.717, 1.165) is 5.56 Å². The number of quaternary nitrogens is 1. The van der Waals surface area contributed by atoms with Crippen LogP contribution in [0.15, 0.2) is 41.0 Å². The van der Waals surface area contributed by atoms with Gasteiger partial charge in [0.25, 0.3) is 0 Å². The lowest BCUT2D eigenvalue weighted by atomic mass is 10.1. The molecule has 184 valence electrons. The maximum absolute atomic E-state index is 10.2. The van der Waals surface area contributed by atoms with Gasteiger partial charge in [-0.3, -0.25) is 0 Å². The molecular weight excluding hydrogens is 460 g/mol. The topological polar surface area (TPSA) is 179 Å². The second-order valence-corrected chi connectivity index (χ2v) is 8.45. The van der Waals surface area contributed by atoms with Crippen molar-refractivity contribution in [1.29, 1.82) is 0 Å². The van der Waals surface area contributed by atoms with Gasteiger partial charge in [0.1, 0.15) is 23.4 Å². The van der Waals surface area contributed by atoms with Gasteiger partial charge in [-0.25, -0.2) is 14.6 Å². The van der Waals surface area contributed by atoms with E-state index in [2.05, 4.69) is 44.8 Å². The van der Waals surface area contributed by atoms with Gasteiger partial charge >= 0.3 is 0 Å². The third kappa shape index (κ3) is 5.39. The van der Waals surface area contributed by atoms with E-state index in [9.17, 15) is 5.11 Å². The number of nitrogens with zero attached hydrogens (tertiary/aromatic N) is 5. The van der Waals surface area contributed by atoms with Gasteiger partial charge in [0, 0.05) is 25.1 Å². The van der Waals surface area contributed by atoms with Gasteiger partial charge < -0.3 is 31.6 Å². The van der Waals surface area contributed by atoms with Crippen molar-refractivity contribution in [3.8, 4) is 41.2 Å². The Kier molecular flexibility index (Phi) is 7.06. The van der Waals surface area contributed by atoms with Crippen molar-refractivity contribution >= 4 is 16.9 Å². The zero-order valence-corrected chi connectivity index (χ0v) is 20.0. The van der Waals surface area contributed by atoms with Crippen LogP contribution in [0.4, 0.5) is 5.82 Å². The summed E-state index contributed by atoms with van der Waals surface area (Å²) < 4.78 is 12.9. The fraction of sp³-hybridized carbons (Fsp3) is 0.280. The Morgan fingerprint density at radius 1 is 1.22 bits per heavy atom. The molecular formula is C25H27N8O3+. The summed E-state index contributed by atoms with van der Waals surface area (Å²) in [6.45, 7) is 4.07. The number of ether oxygens (including phenoxy) is 1. The molecule has 11 nitrogen and oxygen atoms in total. The van der Waals surface area contributed by atoms with E-state index in [4.69, 9.17) is 25.8 Å². The highest BCUT2D eigenvalue weighted by atomic mass is 16.6. The Bertz CT molecular complexity index is 1480. The number of nitrogens with two attached hydrogens (primary N) is 2. The zero-order valence-electron chi connectivity index (χ0n) is 20.0. The van der Waals surface area contributed by atoms with E-state index >= 15 is 0 Å². The highest BCUT2D eigenvalue weighted by Gasteiger charge is 2.23. The first-order valence-electron chi connectivity index (χ1n) is 11.2. The van der Waals surface area contributed by atoms with Gasteiger partial charge in [-0.2, -0.15) is 0 Å². The molecule has 0 unspecified atom stereocenters. The SMILES string of the molecule is CC(C)(O)C#Cc1nc(O[C@H](C[NH3+])c2ccccc2)cc2c1nc(-c1nonc1N)n2CCC#CN. The lowest BCUT2D eigenvalue weighted by Gasteiger charge is -2.16. The van der Waals surface area contributed by atoms with E-state index < -0.39 is 5.60 Å². The number of fused-ring (bicyclic) bond motifs is 1. The number of rotatable bonds is 7. The number of imidazole rings is 1. The number of hydrogen-bond acceptors (Lipinski definition) is 9. The fourth-order valence-corrected chi connectivity index (χ4v) is 3.56. The molecule has 4 rings (SSSR count). The summed E-state index contributed by atoms with van der Waals surface area (Å²) >= 11 is 0. The molecule has 11 heteroatoms. The second-order valence-electron chi connectivity index (χ2n) is 8.45. The molecule has 0 spiro atoms. The standard InChI is InChI=1S/C25H26N8O3/c1-25(2,34)11-10-17-21-18(14-20(29-17)35-19(15-27)16-8-4-3-5-9-16)33(13-7-6-12-26)24(30-21)22-23(28)32-36-31-22/h3-5,8-9,14,19,34H,7,13,15,26-27H2,1-2H3,(H2,28,32)/p+1/t19-/m1/s1. The van der Waals surface area contributed by atoms with Crippen LogP contribution in [0, 0.1) is 23.8 Å². The summed E-state index contributed by atoms with van der Waals surface area (Å²) in [5.41, 5.74) is 16.8. The van der Waals surface area contributed by atoms with Crippen LogP contribution in [0.3, 0.4) is 0 Å². The van der Waals surface area contributed by atoms with E-state index in [-0.39, 0.29) is 17.6 Å². The van der Waals surface area contributed by atoms with Crippen LogP contribution >= 0.6 is 0 Å².